The van der Waals surface area contributed by atoms with Gasteiger partial charge in [0.25, 0.3) is 0 Å². The zero-order valence-corrected chi connectivity index (χ0v) is 11.9. The Labute approximate surface area is 123 Å². The van der Waals surface area contributed by atoms with E-state index < -0.39 is 0 Å². The van der Waals surface area contributed by atoms with E-state index in [0.29, 0.717) is 11.4 Å². The molecule has 0 bridgehead atoms. The molecular formula is C17H14N4. The molecule has 0 radical (unpaired) electrons. The highest BCUT2D eigenvalue weighted by Gasteiger charge is 2.10. The standard InChI is InChI=1S/C17H14N4/c1-11-7-12(2)9-13(8-11)19-17-14-5-3-4-6-15(14)20-21-16(17)10-18/h3-9H,1-2H3,(H,19,20). The van der Waals surface area contributed by atoms with E-state index in [9.17, 15) is 5.26 Å². The summed E-state index contributed by atoms with van der Waals surface area (Å²) in [6, 6.07) is 16.0. The summed E-state index contributed by atoms with van der Waals surface area (Å²) in [5.41, 5.74) is 5.05. The third kappa shape index (κ3) is 2.54. The summed E-state index contributed by atoms with van der Waals surface area (Å²) in [4.78, 5) is 0. The van der Waals surface area contributed by atoms with Crippen molar-refractivity contribution in [3.8, 4) is 6.07 Å². The summed E-state index contributed by atoms with van der Waals surface area (Å²) in [6.45, 7) is 4.10. The molecule has 0 atom stereocenters. The zero-order valence-electron chi connectivity index (χ0n) is 11.9. The van der Waals surface area contributed by atoms with Crippen LogP contribution in [0.25, 0.3) is 10.9 Å². The first-order chi connectivity index (χ1) is 10.2. The smallest absolute Gasteiger partial charge is 0.187 e. The molecule has 4 nitrogen and oxygen atoms in total. The number of rotatable bonds is 2. The Kier molecular flexibility index (Phi) is 3.25. The van der Waals surface area contributed by atoms with Gasteiger partial charge in [-0.25, -0.2) is 0 Å². The summed E-state index contributed by atoms with van der Waals surface area (Å²) < 4.78 is 0. The minimum atomic E-state index is 0.299. The molecule has 3 aromatic rings. The maximum Gasteiger partial charge on any atom is 0.187 e. The van der Waals surface area contributed by atoms with Crippen LogP contribution in [0.4, 0.5) is 11.4 Å². The number of benzene rings is 2. The van der Waals surface area contributed by atoms with Crippen LogP contribution in [0.3, 0.4) is 0 Å². The fourth-order valence-electron chi connectivity index (χ4n) is 2.45. The molecule has 2 aromatic carbocycles. The number of fused-ring (bicyclic) bond motifs is 1. The van der Waals surface area contributed by atoms with Crippen LogP contribution in [-0.4, -0.2) is 10.2 Å². The molecule has 102 valence electrons. The third-order valence-electron chi connectivity index (χ3n) is 3.26. The highest BCUT2D eigenvalue weighted by molar-refractivity contribution is 5.94. The largest absolute Gasteiger partial charge is 0.353 e. The van der Waals surface area contributed by atoms with Crippen molar-refractivity contribution in [2.45, 2.75) is 13.8 Å². The Morgan fingerprint density at radius 3 is 2.43 bits per heavy atom. The number of hydrogen-bond donors (Lipinski definition) is 1. The van der Waals surface area contributed by atoms with Gasteiger partial charge in [-0.05, 0) is 43.2 Å². The molecular weight excluding hydrogens is 260 g/mol. The maximum atomic E-state index is 9.27. The van der Waals surface area contributed by atoms with Crippen molar-refractivity contribution in [1.82, 2.24) is 10.2 Å². The third-order valence-corrected chi connectivity index (χ3v) is 3.26. The summed E-state index contributed by atoms with van der Waals surface area (Å²) in [5, 5.41) is 21.6. The average Bonchev–Trinajstić information content (AvgIpc) is 2.46. The molecule has 0 aliphatic carbocycles. The quantitative estimate of drug-likeness (QED) is 0.770. The molecule has 3 rings (SSSR count). The number of nitrogens with zero attached hydrogens (tertiary/aromatic N) is 3. The second-order valence-corrected chi connectivity index (χ2v) is 5.05. The summed E-state index contributed by atoms with van der Waals surface area (Å²) in [7, 11) is 0. The Balaban J connectivity index is 2.17. The lowest BCUT2D eigenvalue weighted by atomic mass is 10.1. The number of hydrogen-bond acceptors (Lipinski definition) is 4. The average molecular weight is 274 g/mol. The molecule has 1 N–H and O–H groups in total. The second-order valence-electron chi connectivity index (χ2n) is 5.05. The fraction of sp³-hybridized carbons (Fsp3) is 0.118. The second kappa shape index (κ2) is 5.22. The molecule has 0 aliphatic rings. The highest BCUT2D eigenvalue weighted by atomic mass is 15.1. The molecule has 1 aromatic heterocycles. The van der Waals surface area contributed by atoms with Gasteiger partial charge in [0.1, 0.15) is 6.07 Å². The van der Waals surface area contributed by atoms with Gasteiger partial charge in [0, 0.05) is 11.1 Å². The van der Waals surface area contributed by atoms with Gasteiger partial charge in [-0.2, -0.15) is 5.26 Å². The van der Waals surface area contributed by atoms with Gasteiger partial charge in [0.15, 0.2) is 5.69 Å². The van der Waals surface area contributed by atoms with Crippen LogP contribution >= 0.6 is 0 Å². The Morgan fingerprint density at radius 1 is 1.00 bits per heavy atom. The monoisotopic (exact) mass is 274 g/mol. The van der Waals surface area contributed by atoms with Gasteiger partial charge in [0.05, 0.1) is 11.2 Å². The fourth-order valence-corrected chi connectivity index (χ4v) is 2.45. The van der Waals surface area contributed by atoms with Gasteiger partial charge < -0.3 is 5.32 Å². The Hall–Kier alpha value is -2.93. The Morgan fingerprint density at radius 2 is 1.71 bits per heavy atom. The first-order valence-electron chi connectivity index (χ1n) is 6.68. The highest BCUT2D eigenvalue weighted by Crippen LogP contribution is 2.28. The first kappa shape index (κ1) is 13.1. The van der Waals surface area contributed by atoms with Gasteiger partial charge in [-0.15, -0.1) is 10.2 Å². The van der Waals surface area contributed by atoms with Crippen LogP contribution in [0.5, 0.6) is 0 Å². The van der Waals surface area contributed by atoms with E-state index in [2.05, 4.69) is 27.6 Å². The molecule has 0 unspecified atom stereocenters. The summed E-state index contributed by atoms with van der Waals surface area (Å²) >= 11 is 0. The van der Waals surface area contributed by atoms with Crippen molar-refractivity contribution in [2.24, 2.45) is 0 Å². The molecule has 0 spiro atoms. The van der Waals surface area contributed by atoms with Crippen LogP contribution in [-0.2, 0) is 0 Å². The van der Waals surface area contributed by atoms with E-state index in [0.717, 1.165) is 16.6 Å². The van der Waals surface area contributed by atoms with Crippen LogP contribution in [0.2, 0.25) is 0 Å². The van der Waals surface area contributed by atoms with Crippen LogP contribution in [0.15, 0.2) is 42.5 Å². The van der Waals surface area contributed by atoms with Crippen LogP contribution < -0.4 is 5.32 Å². The van der Waals surface area contributed by atoms with E-state index in [1.54, 1.807) is 0 Å². The van der Waals surface area contributed by atoms with Gasteiger partial charge in [-0.3, -0.25) is 0 Å². The lowest BCUT2D eigenvalue weighted by Gasteiger charge is -2.11. The topological polar surface area (TPSA) is 61.6 Å². The molecule has 0 aliphatic heterocycles. The van der Waals surface area contributed by atoms with Crippen molar-refractivity contribution in [3.05, 3.63) is 59.3 Å². The SMILES string of the molecule is Cc1cc(C)cc(Nc2c(C#N)nnc3ccccc23)c1. The number of nitriles is 1. The van der Waals surface area contributed by atoms with E-state index in [1.165, 1.54) is 11.1 Å². The number of anilines is 2. The minimum Gasteiger partial charge on any atom is -0.353 e. The lowest BCUT2D eigenvalue weighted by Crippen LogP contribution is -2.00. The summed E-state index contributed by atoms with van der Waals surface area (Å²) in [5.74, 6) is 0. The first-order valence-corrected chi connectivity index (χ1v) is 6.68. The molecule has 4 heteroatoms. The maximum absolute atomic E-state index is 9.27. The van der Waals surface area contributed by atoms with Crippen molar-refractivity contribution in [3.63, 3.8) is 0 Å². The zero-order chi connectivity index (χ0) is 14.8. The number of nitrogens with one attached hydrogen (secondary N) is 1. The molecule has 0 fully saturated rings. The van der Waals surface area contributed by atoms with E-state index in [-0.39, 0.29) is 0 Å². The molecule has 21 heavy (non-hydrogen) atoms. The number of aryl methyl sites for hydroxylation is 2. The molecule has 0 amide bonds. The van der Waals surface area contributed by atoms with Crippen LogP contribution in [0.1, 0.15) is 16.8 Å². The van der Waals surface area contributed by atoms with E-state index in [1.807, 2.05) is 50.2 Å². The van der Waals surface area contributed by atoms with E-state index >= 15 is 0 Å². The predicted molar refractivity (Wildman–Crippen MR) is 83.5 cm³/mol. The van der Waals surface area contributed by atoms with Crippen molar-refractivity contribution >= 4 is 22.3 Å². The van der Waals surface area contributed by atoms with Crippen molar-refractivity contribution in [1.29, 1.82) is 5.26 Å². The van der Waals surface area contributed by atoms with Crippen molar-refractivity contribution in [2.75, 3.05) is 5.32 Å². The predicted octanol–water partition coefficient (Wildman–Crippen LogP) is 3.86. The molecule has 0 saturated carbocycles. The normalized spacial score (nSPS) is 10.3. The summed E-state index contributed by atoms with van der Waals surface area (Å²) in [6.07, 6.45) is 0. The van der Waals surface area contributed by atoms with Gasteiger partial charge in [-0.1, -0.05) is 24.3 Å². The van der Waals surface area contributed by atoms with Crippen molar-refractivity contribution < 1.29 is 0 Å². The Bertz CT molecular complexity index is 842. The lowest BCUT2D eigenvalue weighted by molar-refractivity contribution is 1.05. The van der Waals surface area contributed by atoms with Gasteiger partial charge in [0.2, 0.25) is 0 Å². The van der Waals surface area contributed by atoms with E-state index in [4.69, 9.17) is 0 Å². The molecule has 1 heterocycles. The van der Waals surface area contributed by atoms with Crippen LogP contribution in [0, 0.1) is 25.2 Å². The number of aromatic nitrogens is 2. The van der Waals surface area contributed by atoms with Gasteiger partial charge >= 0.3 is 0 Å². The minimum absolute atomic E-state index is 0.299. The molecule has 0 saturated heterocycles.